The number of anilines is 1. The Morgan fingerprint density at radius 2 is 2.10 bits per heavy atom. The minimum atomic E-state index is -0.806. The maximum absolute atomic E-state index is 11.9. The van der Waals surface area contributed by atoms with Gasteiger partial charge in [0.05, 0.1) is 5.41 Å². The van der Waals surface area contributed by atoms with Crippen molar-refractivity contribution < 1.29 is 14.7 Å². The summed E-state index contributed by atoms with van der Waals surface area (Å²) >= 11 is 0. The van der Waals surface area contributed by atoms with Crippen LogP contribution in [-0.2, 0) is 15.0 Å². The normalized spacial score (nSPS) is 18.8. The lowest BCUT2D eigenvalue weighted by atomic mass is 9.84. The fourth-order valence-electron chi connectivity index (χ4n) is 2.77. The molecule has 0 aromatic heterocycles. The van der Waals surface area contributed by atoms with Crippen molar-refractivity contribution in [2.24, 2.45) is 11.7 Å². The number of rotatable bonds is 5. The summed E-state index contributed by atoms with van der Waals surface area (Å²) in [6.45, 7) is 5.66. The average molecular weight is 290 g/mol. The molecule has 4 N–H and O–H groups in total. The third kappa shape index (κ3) is 3.08. The van der Waals surface area contributed by atoms with Crippen LogP contribution in [-0.4, -0.2) is 17.0 Å². The number of carboxylic acid groups (broad SMARTS) is 1. The zero-order chi connectivity index (χ0) is 15.8. The first-order chi connectivity index (χ1) is 9.71. The van der Waals surface area contributed by atoms with Gasteiger partial charge in [-0.05, 0) is 43.4 Å². The van der Waals surface area contributed by atoms with Crippen LogP contribution in [0, 0.1) is 5.92 Å². The van der Waals surface area contributed by atoms with Crippen molar-refractivity contribution in [1.29, 1.82) is 0 Å². The molecule has 1 aromatic rings. The van der Waals surface area contributed by atoms with Crippen LogP contribution < -0.4 is 11.1 Å². The molecule has 1 aromatic carbocycles. The lowest BCUT2D eigenvalue weighted by molar-refractivity contribution is -0.138. The van der Waals surface area contributed by atoms with E-state index in [1.165, 1.54) is 0 Å². The van der Waals surface area contributed by atoms with Crippen molar-refractivity contribution in [3.63, 3.8) is 0 Å². The molecule has 0 saturated carbocycles. The van der Waals surface area contributed by atoms with Crippen LogP contribution in [0.15, 0.2) is 18.2 Å². The topological polar surface area (TPSA) is 92.4 Å². The molecule has 5 nitrogen and oxygen atoms in total. The van der Waals surface area contributed by atoms with Crippen molar-refractivity contribution in [2.75, 3.05) is 5.32 Å². The summed E-state index contributed by atoms with van der Waals surface area (Å²) in [5.41, 5.74) is 8.36. The quantitative estimate of drug-likeness (QED) is 0.776. The van der Waals surface area contributed by atoms with E-state index in [4.69, 9.17) is 10.8 Å². The SMILES string of the molecule is CC(CC(=O)O)CC(N)c1ccc2c(c1)C(C)(C)C(=O)N2. The van der Waals surface area contributed by atoms with Gasteiger partial charge < -0.3 is 16.2 Å². The number of fused-ring (bicyclic) bond motifs is 1. The van der Waals surface area contributed by atoms with Crippen molar-refractivity contribution in [3.8, 4) is 0 Å². The summed E-state index contributed by atoms with van der Waals surface area (Å²) in [6.07, 6.45) is 0.719. The van der Waals surface area contributed by atoms with E-state index in [0.717, 1.165) is 16.8 Å². The Balaban J connectivity index is 2.18. The molecule has 1 aliphatic rings. The highest BCUT2D eigenvalue weighted by Gasteiger charge is 2.38. The molecule has 0 bridgehead atoms. The number of hydrogen-bond acceptors (Lipinski definition) is 3. The van der Waals surface area contributed by atoms with Crippen molar-refractivity contribution in [2.45, 2.75) is 45.1 Å². The first-order valence-electron chi connectivity index (χ1n) is 7.15. The molecule has 114 valence electrons. The molecule has 0 radical (unpaired) electrons. The number of carbonyl (C=O) groups is 2. The number of benzene rings is 1. The summed E-state index contributed by atoms with van der Waals surface area (Å²) in [5.74, 6) is -0.805. The molecule has 2 atom stereocenters. The third-order valence-electron chi connectivity index (χ3n) is 4.14. The maximum Gasteiger partial charge on any atom is 0.303 e. The predicted molar refractivity (Wildman–Crippen MR) is 81.1 cm³/mol. The van der Waals surface area contributed by atoms with E-state index in [1.54, 1.807) is 0 Å². The number of nitrogens with two attached hydrogens (primary N) is 1. The van der Waals surface area contributed by atoms with Crippen molar-refractivity contribution >= 4 is 17.6 Å². The molecule has 1 amide bonds. The molecule has 1 heterocycles. The van der Waals surface area contributed by atoms with Gasteiger partial charge in [0.2, 0.25) is 5.91 Å². The van der Waals surface area contributed by atoms with Crippen LogP contribution in [0.2, 0.25) is 0 Å². The van der Waals surface area contributed by atoms with E-state index < -0.39 is 11.4 Å². The zero-order valence-corrected chi connectivity index (χ0v) is 12.6. The molecule has 2 unspecified atom stereocenters. The van der Waals surface area contributed by atoms with E-state index in [0.29, 0.717) is 6.42 Å². The number of nitrogens with one attached hydrogen (secondary N) is 1. The molecule has 1 aliphatic heterocycles. The number of carboxylic acids is 1. The molecular weight excluding hydrogens is 268 g/mol. The molecule has 21 heavy (non-hydrogen) atoms. The second-order valence-corrected chi connectivity index (χ2v) is 6.43. The average Bonchev–Trinajstić information content (AvgIpc) is 2.59. The summed E-state index contributed by atoms with van der Waals surface area (Å²) in [4.78, 5) is 22.6. The van der Waals surface area contributed by atoms with Crippen molar-refractivity contribution in [3.05, 3.63) is 29.3 Å². The van der Waals surface area contributed by atoms with Crippen LogP contribution in [0.5, 0.6) is 0 Å². The molecule has 2 rings (SSSR count). The van der Waals surface area contributed by atoms with Crippen LogP contribution in [0.25, 0.3) is 0 Å². The van der Waals surface area contributed by atoms with Gasteiger partial charge in [-0.1, -0.05) is 19.1 Å². The minimum Gasteiger partial charge on any atom is -0.481 e. The number of amides is 1. The van der Waals surface area contributed by atoms with Gasteiger partial charge in [0.15, 0.2) is 0 Å². The van der Waals surface area contributed by atoms with Gasteiger partial charge in [-0.15, -0.1) is 0 Å². The third-order valence-corrected chi connectivity index (χ3v) is 4.14. The van der Waals surface area contributed by atoms with E-state index in [2.05, 4.69) is 5.32 Å². The smallest absolute Gasteiger partial charge is 0.303 e. The van der Waals surface area contributed by atoms with Gasteiger partial charge in [-0.2, -0.15) is 0 Å². The number of carbonyl (C=O) groups excluding carboxylic acids is 1. The lowest BCUT2D eigenvalue weighted by Gasteiger charge is -2.20. The second kappa shape index (κ2) is 5.48. The fourth-order valence-corrected chi connectivity index (χ4v) is 2.77. The van der Waals surface area contributed by atoms with Crippen LogP contribution in [0.1, 0.15) is 50.8 Å². The van der Waals surface area contributed by atoms with E-state index in [1.807, 2.05) is 39.0 Å². The van der Waals surface area contributed by atoms with Gasteiger partial charge in [0, 0.05) is 18.2 Å². The molecule has 0 spiro atoms. The Bertz CT molecular complexity index is 581. The Morgan fingerprint density at radius 3 is 2.71 bits per heavy atom. The molecular formula is C16H22N2O3. The van der Waals surface area contributed by atoms with E-state index in [9.17, 15) is 9.59 Å². The van der Waals surface area contributed by atoms with E-state index >= 15 is 0 Å². The van der Waals surface area contributed by atoms with E-state index in [-0.39, 0.29) is 24.3 Å². The van der Waals surface area contributed by atoms with Crippen LogP contribution in [0.3, 0.4) is 0 Å². The van der Waals surface area contributed by atoms with Gasteiger partial charge in [-0.3, -0.25) is 9.59 Å². The predicted octanol–water partition coefficient (Wildman–Crippen LogP) is 2.42. The highest BCUT2D eigenvalue weighted by molar-refractivity contribution is 6.05. The number of hydrogen-bond donors (Lipinski definition) is 3. The van der Waals surface area contributed by atoms with Gasteiger partial charge in [0.1, 0.15) is 0 Å². The van der Waals surface area contributed by atoms with Gasteiger partial charge >= 0.3 is 5.97 Å². The Labute approximate surface area is 124 Å². The molecule has 0 fully saturated rings. The Morgan fingerprint density at radius 1 is 1.43 bits per heavy atom. The zero-order valence-electron chi connectivity index (χ0n) is 12.6. The minimum absolute atomic E-state index is 0.0116. The summed E-state index contributed by atoms with van der Waals surface area (Å²) < 4.78 is 0. The second-order valence-electron chi connectivity index (χ2n) is 6.43. The fraction of sp³-hybridized carbons (Fsp3) is 0.500. The monoisotopic (exact) mass is 290 g/mol. The summed E-state index contributed by atoms with van der Waals surface area (Å²) in [6, 6.07) is 5.51. The highest BCUT2D eigenvalue weighted by atomic mass is 16.4. The van der Waals surface area contributed by atoms with Crippen LogP contribution in [0.4, 0.5) is 5.69 Å². The highest BCUT2D eigenvalue weighted by Crippen LogP contribution is 2.38. The molecule has 0 aliphatic carbocycles. The first-order valence-corrected chi connectivity index (χ1v) is 7.15. The van der Waals surface area contributed by atoms with Gasteiger partial charge in [-0.25, -0.2) is 0 Å². The number of aliphatic carboxylic acids is 1. The lowest BCUT2D eigenvalue weighted by Crippen LogP contribution is -2.27. The maximum atomic E-state index is 11.9. The molecule has 5 heteroatoms. The summed E-state index contributed by atoms with van der Waals surface area (Å²) in [7, 11) is 0. The van der Waals surface area contributed by atoms with Crippen molar-refractivity contribution in [1.82, 2.24) is 0 Å². The largest absolute Gasteiger partial charge is 0.481 e. The Hall–Kier alpha value is -1.88. The molecule has 0 saturated heterocycles. The standard InChI is InChI=1S/C16H22N2O3/c1-9(7-14(19)20)6-12(17)10-4-5-13-11(8-10)16(2,3)15(21)18-13/h4-5,8-9,12H,6-7,17H2,1-3H3,(H,18,21)(H,19,20). The Kier molecular flexibility index (Phi) is 4.05. The first kappa shape index (κ1) is 15.5. The van der Waals surface area contributed by atoms with Crippen LogP contribution >= 0.6 is 0 Å². The van der Waals surface area contributed by atoms with Gasteiger partial charge in [0.25, 0.3) is 0 Å². The summed E-state index contributed by atoms with van der Waals surface area (Å²) in [5, 5.41) is 11.7.